The number of nitrogens with one attached hydrogen (secondary N) is 2. The number of rotatable bonds is 6. The van der Waals surface area contributed by atoms with Gasteiger partial charge in [-0.3, -0.25) is 4.98 Å². The summed E-state index contributed by atoms with van der Waals surface area (Å²) in [4.78, 5) is 8.37. The van der Waals surface area contributed by atoms with Crippen molar-refractivity contribution in [2.75, 3.05) is 30.8 Å². The lowest BCUT2D eigenvalue weighted by Crippen LogP contribution is -2.24. The highest BCUT2D eigenvalue weighted by molar-refractivity contribution is 5.41. The van der Waals surface area contributed by atoms with Gasteiger partial charge in [0.1, 0.15) is 11.6 Å². The second-order valence-corrected chi connectivity index (χ2v) is 4.53. The molecule has 0 fully saturated rings. The zero-order valence-corrected chi connectivity index (χ0v) is 10.1. The van der Waals surface area contributed by atoms with Crippen molar-refractivity contribution < 1.29 is 5.11 Å². The minimum absolute atomic E-state index is 0.0477. The van der Waals surface area contributed by atoms with E-state index in [0.29, 0.717) is 0 Å². The van der Waals surface area contributed by atoms with Crippen molar-refractivity contribution in [2.45, 2.75) is 20.3 Å². The highest BCUT2D eigenvalue weighted by Crippen LogP contribution is 2.20. The van der Waals surface area contributed by atoms with E-state index in [4.69, 9.17) is 5.11 Å². The van der Waals surface area contributed by atoms with Crippen LogP contribution in [-0.4, -0.2) is 35.3 Å². The minimum Gasteiger partial charge on any atom is -0.396 e. The van der Waals surface area contributed by atoms with Crippen LogP contribution in [0.25, 0.3) is 0 Å². The molecule has 0 spiro atoms. The summed E-state index contributed by atoms with van der Waals surface area (Å²) in [5, 5.41) is 15.1. The van der Waals surface area contributed by atoms with E-state index in [2.05, 4.69) is 34.4 Å². The molecule has 0 unspecified atom stereocenters. The van der Waals surface area contributed by atoms with Crippen LogP contribution in [-0.2, 0) is 0 Å². The Morgan fingerprint density at radius 1 is 1.31 bits per heavy atom. The van der Waals surface area contributed by atoms with Gasteiger partial charge in [0.05, 0.1) is 12.4 Å². The molecule has 5 heteroatoms. The van der Waals surface area contributed by atoms with Gasteiger partial charge in [0.15, 0.2) is 0 Å². The molecule has 0 aliphatic carbocycles. The summed E-state index contributed by atoms with van der Waals surface area (Å²) in [5.41, 5.74) is 0.0477. The fraction of sp³-hybridized carbons (Fsp3) is 0.636. The molecule has 1 aromatic heterocycles. The molecule has 0 atom stereocenters. The van der Waals surface area contributed by atoms with Crippen molar-refractivity contribution in [3.8, 4) is 0 Å². The molecule has 0 saturated carbocycles. The lowest BCUT2D eigenvalue weighted by Gasteiger charge is -2.24. The second-order valence-electron chi connectivity index (χ2n) is 4.53. The second kappa shape index (κ2) is 5.65. The smallest absolute Gasteiger partial charge is 0.146 e. The number of aromatic nitrogens is 2. The Bertz CT molecular complexity index is 328. The van der Waals surface area contributed by atoms with Gasteiger partial charge in [-0.1, -0.05) is 13.8 Å². The molecule has 0 aliphatic heterocycles. The predicted molar refractivity (Wildman–Crippen MR) is 65.6 cm³/mol. The van der Waals surface area contributed by atoms with Gasteiger partial charge in [-0.2, -0.15) is 0 Å². The molecular formula is C11H20N4O. The quantitative estimate of drug-likeness (QED) is 0.680. The third-order valence-corrected chi connectivity index (χ3v) is 2.43. The summed E-state index contributed by atoms with van der Waals surface area (Å²) in [6.45, 7) is 5.17. The molecule has 0 amide bonds. The minimum atomic E-state index is 0.0477. The maximum absolute atomic E-state index is 8.92. The van der Waals surface area contributed by atoms with Crippen molar-refractivity contribution in [3.63, 3.8) is 0 Å². The van der Waals surface area contributed by atoms with Gasteiger partial charge in [0.25, 0.3) is 0 Å². The van der Waals surface area contributed by atoms with E-state index in [1.807, 2.05) is 7.05 Å². The molecule has 1 aromatic rings. The van der Waals surface area contributed by atoms with Gasteiger partial charge in [0, 0.05) is 20.2 Å². The van der Waals surface area contributed by atoms with E-state index in [1.54, 1.807) is 12.4 Å². The Morgan fingerprint density at radius 2 is 2.00 bits per heavy atom. The van der Waals surface area contributed by atoms with Crippen LogP contribution in [0.2, 0.25) is 0 Å². The fourth-order valence-electron chi connectivity index (χ4n) is 1.29. The molecule has 3 N–H and O–H groups in total. The molecule has 0 bridgehead atoms. The molecule has 1 heterocycles. The van der Waals surface area contributed by atoms with Crippen molar-refractivity contribution in [1.82, 2.24) is 9.97 Å². The Hall–Kier alpha value is -1.36. The van der Waals surface area contributed by atoms with Crippen LogP contribution in [0.15, 0.2) is 12.4 Å². The highest BCUT2D eigenvalue weighted by atomic mass is 16.3. The molecule has 0 radical (unpaired) electrons. The van der Waals surface area contributed by atoms with Crippen LogP contribution >= 0.6 is 0 Å². The number of aliphatic hydroxyl groups excluding tert-OH is 1. The van der Waals surface area contributed by atoms with E-state index in [9.17, 15) is 0 Å². The van der Waals surface area contributed by atoms with Crippen LogP contribution in [0.1, 0.15) is 20.3 Å². The molecule has 0 aromatic carbocycles. The van der Waals surface area contributed by atoms with Gasteiger partial charge in [0.2, 0.25) is 0 Å². The first-order valence-electron chi connectivity index (χ1n) is 5.42. The Kier molecular flexibility index (Phi) is 4.49. The van der Waals surface area contributed by atoms with Crippen molar-refractivity contribution in [1.29, 1.82) is 0 Å². The van der Waals surface area contributed by atoms with Crippen LogP contribution in [0.4, 0.5) is 11.6 Å². The standard InChI is InChI=1S/C11H20N4O/c1-11(2,4-5-16)8-14-10-7-13-6-9(12-3)15-10/h6-7,16H,4-5,8H2,1-3H3,(H2,12,14,15). The third-order valence-electron chi connectivity index (χ3n) is 2.43. The summed E-state index contributed by atoms with van der Waals surface area (Å²) >= 11 is 0. The number of hydrogen-bond acceptors (Lipinski definition) is 5. The van der Waals surface area contributed by atoms with Gasteiger partial charge >= 0.3 is 0 Å². The normalized spacial score (nSPS) is 11.2. The number of anilines is 2. The first-order valence-corrected chi connectivity index (χ1v) is 5.42. The van der Waals surface area contributed by atoms with Crippen molar-refractivity contribution in [2.24, 2.45) is 5.41 Å². The summed E-state index contributed by atoms with van der Waals surface area (Å²) in [5.74, 6) is 1.49. The molecule has 0 saturated heterocycles. The molecule has 0 aliphatic rings. The lowest BCUT2D eigenvalue weighted by molar-refractivity contribution is 0.220. The largest absolute Gasteiger partial charge is 0.396 e. The van der Waals surface area contributed by atoms with Gasteiger partial charge < -0.3 is 15.7 Å². The zero-order chi connectivity index (χ0) is 12.0. The molecule has 1 rings (SSSR count). The van der Waals surface area contributed by atoms with E-state index in [-0.39, 0.29) is 12.0 Å². The first kappa shape index (κ1) is 12.7. The average molecular weight is 224 g/mol. The third kappa shape index (κ3) is 4.02. The molecule has 5 nitrogen and oxygen atoms in total. The SMILES string of the molecule is CNc1cncc(NCC(C)(C)CCO)n1. The Morgan fingerprint density at radius 3 is 2.62 bits per heavy atom. The highest BCUT2D eigenvalue weighted by Gasteiger charge is 2.16. The zero-order valence-electron chi connectivity index (χ0n) is 10.1. The average Bonchev–Trinajstić information content (AvgIpc) is 2.27. The van der Waals surface area contributed by atoms with Gasteiger partial charge in [-0.05, 0) is 11.8 Å². The fourth-order valence-corrected chi connectivity index (χ4v) is 1.29. The van der Waals surface area contributed by atoms with E-state index in [1.165, 1.54) is 0 Å². The topological polar surface area (TPSA) is 70.1 Å². The van der Waals surface area contributed by atoms with Crippen molar-refractivity contribution in [3.05, 3.63) is 12.4 Å². The predicted octanol–water partition coefficient (Wildman–Crippen LogP) is 1.34. The van der Waals surface area contributed by atoms with Crippen LogP contribution in [0.5, 0.6) is 0 Å². The van der Waals surface area contributed by atoms with Crippen molar-refractivity contribution >= 4 is 11.6 Å². The maximum Gasteiger partial charge on any atom is 0.146 e. The van der Waals surface area contributed by atoms with E-state index in [0.717, 1.165) is 24.6 Å². The van der Waals surface area contributed by atoms with Gasteiger partial charge in [-0.15, -0.1) is 0 Å². The first-order chi connectivity index (χ1) is 7.57. The number of hydrogen-bond donors (Lipinski definition) is 3. The van der Waals surface area contributed by atoms with Crippen LogP contribution in [0.3, 0.4) is 0 Å². The van der Waals surface area contributed by atoms with Crippen LogP contribution in [0, 0.1) is 5.41 Å². The summed E-state index contributed by atoms with van der Waals surface area (Å²) in [7, 11) is 1.81. The summed E-state index contributed by atoms with van der Waals surface area (Å²) in [6.07, 6.45) is 4.12. The number of aliphatic hydroxyl groups is 1. The monoisotopic (exact) mass is 224 g/mol. The van der Waals surface area contributed by atoms with E-state index >= 15 is 0 Å². The summed E-state index contributed by atoms with van der Waals surface area (Å²) < 4.78 is 0. The van der Waals surface area contributed by atoms with Gasteiger partial charge in [-0.25, -0.2) is 4.98 Å². The number of nitrogens with zero attached hydrogens (tertiary/aromatic N) is 2. The van der Waals surface area contributed by atoms with E-state index < -0.39 is 0 Å². The Balaban J connectivity index is 2.53. The molecule has 16 heavy (non-hydrogen) atoms. The van der Waals surface area contributed by atoms with Crippen LogP contribution < -0.4 is 10.6 Å². The molecule has 90 valence electrons. The maximum atomic E-state index is 8.92. The summed E-state index contributed by atoms with van der Waals surface area (Å²) in [6, 6.07) is 0. The Labute approximate surface area is 96.3 Å². The lowest BCUT2D eigenvalue weighted by atomic mass is 9.90. The molecular weight excluding hydrogens is 204 g/mol.